The second kappa shape index (κ2) is 3.74. The van der Waals surface area contributed by atoms with Crippen LogP contribution in [0.5, 0.6) is 0 Å². The zero-order valence-corrected chi connectivity index (χ0v) is 9.64. The van der Waals surface area contributed by atoms with E-state index in [1.54, 1.807) is 0 Å². The number of para-hydroxylation sites is 1. The molecule has 17 heavy (non-hydrogen) atoms. The van der Waals surface area contributed by atoms with Crippen LogP contribution in [0.15, 0.2) is 30.3 Å². The van der Waals surface area contributed by atoms with E-state index in [0.717, 1.165) is 16.7 Å². The minimum absolute atomic E-state index is 0.482. The molecule has 1 saturated carbocycles. The highest BCUT2D eigenvalue weighted by atomic mass is 15.1. The van der Waals surface area contributed by atoms with Crippen molar-refractivity contribution in [1.29, 1.82) is 5.26 Å². The van der Waals surface area contributed by atoms with Crippen LogP contribution in [0.3, 0.4) is 0 Å². The molecule has 3 nitrogen and oxygen atoms in total. The summed E-state index contributed by atoms with van der Waals surface area (Å²) in [5, 5.41) is 13.5. The van der Waals surface area contributed by atoms with Crippen LogP contribution in [0.1, 0.15) is 18.9 Å². The Morgan fingerprint density at radius 1 is 1.41 bits per heavy atom. The molecular formula is C14H13N3. The predicted octanol–water partition coefficient (Wildman–Crippen LogP) is 2.93. The second-order valence-corrected chi connectivity index (χ2v) is 4.65. The van der Waals surface area contributed by atoms with E-state index in [1.165, 1.54) is 6.42 Å². The zero-order chi connectivity index (χ0) is 11.8. The van der Waals surface area contributed by atoms with Crippen LogP contribution in [-0.4, -0.2) is 11.0 Å². The van der Waals surface area contributed by atoms with E-state index in [1.807, 2.05) is 30.3 Å². The van der Waals surface area contributed by atoms with E-state index in [2.05, 4.69) is 23.3 Å². The van der Waals surface area contributed by atoms with Crippen molar-refractivity contribution in [2.75, 3.05) is 5.32 Å². The number of anilines is 1. The van der Waals surface area contributed by atoms with E-state index in [4.69, 9.17) is 5.26 Å². The van der Waals surface area contributed by atoms with Gasteiger partial charge in [-0.2, -0.15) is 5.26 Å². The molecule has 3 rings (SSSR count). The molecule has 1 aliphatic rings. The van der Waals surface area contributed by atoms with Gasteiger partial charge in [0.05, 0.1) is 11.1 Å². The average molecular weight is 223 g/mol. The quantitative estimate of drug-likeness (QED) is 0.851. The van der Waals surface area contributed by atoms with Crippen molar-refractivity contribution in [1.82, 2.24) is 4.98 Å². The molecule has 1 heterocycles. The Balaban J connectivity index is 2.06. The summed E-state index contributed by atoms with van der Waals surface area (Å²) in [5.41, 5.74) is 1.56. The fourth-order valence-corrected chi connectivity index (χ4v) is 2.01. The van der Waals surface area contributed by atoms with Crippen molar-refractivity contribution in [3.8, 4) is 6.07 Å². The first-order valence-corrected chi connectivity index (χ1v) is 5.84. The highest BCUT2D eigenvalue weighted by Gasteiger charge is 2.33. The lowest BCUT2D eigenvalue weighted by molar-refractivity contribution is 0.924. The number of fused-ring (bicyclic) bond motifs is 1. The summed E-state index contributed by atoms with van der Waals surface area (Å²) in [6.45, 7) is 2.20. The normalized spacial score (nSPS) is 22.1. The van der Waals surface area contributed by atoms with Crippen LogP contribution in [-0.2, 0) is 0 Å². The number of hydrogen-bond acceptors (Lipinski definition) is 3. The molecule has 0 bridgehead atoms. The van der Waals surface area contributed by atoms with Gasteiger partial charge in [-0.3, -0.25) is 0 Å². The summed E-state index contributed by atoms with van der Waals surface area (Å²) < 4.78 is 0. The van der Waals surface area contributed by atoms with Crippen LogP contribution >= 0.6 is 0 Å². The standard InChI is InChI=1S/C14H13N3/c1-9-6-13(9)17-14-11(8-15)7-10-4-2-3-5-12(10)16-14/h2-5,7,9,13H,6H2,1H3,(H,16,17). The molecule has 2 unspecified atom stereocenters. The molecule has 2 atom stereocenters. The molecule has 1 fully saturated rings. The second-order valence-electron chi connectivity index (χ2n) is 4.65. The lowest BCUT2D eigenvalue weighted by Gasteiger charge is -2.07. The van der Waals surface area contributed by atoms with Crippen molar-refractivity contribution in [3.63, 3.8) is 0 Å². The summed E-state index contributed by atoms with van der Waals surface area (Å²) in [6, 6.07) is 12.5. The third kappa shape index (κ3) is 1.83. The Bertz CT molecular complexity index is 612. The molecule has 84 valence electrons. The molecule has 1 aromatic heterocycles. The number of aromatic nitrogens is 1. The van der Waals surface area contributed by atoms with Crippen LogP contribution in [0.4, 0.5) is 5.82 Å². The topological polar surface area (TPSA) is 48.7 Å². The van der Waals surface area contributed by atoms with E-state index in [-0.39, 0.29) is 0 Å². The monoisotopic (exact) mass is 223 g/mol. The molecule has 0 aliphatic heterocycles. The molecule has 0 spiro atoms. The molecule has 0 radical (unpaired) electrons. The average Bonchev–Trinajstić information content (AvgIpc) is 3.04. The van der Waals surface area contributed by atoms with Crippen molar-refractivity contribution >= 4 is 16.7 Å². The predicted molar refractivity (Wildman–Crippen MR) is 67.6 cm³/mol. The summed E-state index contributed by atoms with van der Waals surface area (Å²) >= 11 is 0. The maximum atomic E-state index is 9.15. The summed E-state index contributed by atoms with van der Waals surface area (Å²) in [6.07, 6.45) is 1.17. The molecule has 1 aromatic carbocycles. The minimum Gasteiger partial charge on any atom is -0.366 e. The SMILES string of the molecule is CC1CC1Nc1nc2ccccc2cc1C#N. The van der Waals surface area contributed by atoms with Gasteiger partial charge in [-0.05, 0) is 24.5 Å². The van der Waals surface area contributed by atoms with Gasteiger partial charge in [-0.1, -0.05) is 25.1 Å². The van der Waals surface area contributed by atoms with Crippen LogP contribution in [0.2, 0.25) is 0 Å². The van der Waals surface area contributed by atoms with E-state index < -0.39 is 0 Å². The highest BCUT2D eigenvalue weighted by molar-refractivity contribution is 5.82. The van der Waals surface area contributed by atoms with Gasteiger partial charge in [0.2, 0.25) is 0 Å². The van der Waals surface area contributed by atoms with E-state index in [9.17, 15) is 0 Å². The third-order valence-corrected chi connectivity index (χ3v) is 3.28. The first-order valence-electron chi connectivity index (χ1n) is 5.84. The molecule has 0 saturated heterocycles. The number of rotatable bonds is 2. The number of nitrogens with zero attached hydrogens (tertiary/aromatic N) is 2. The number of benzene rings is 1. The third-order valence-electron chi connectivity index (χ3n) is 3.28. The summed E-state index contributed by atoms with van der Waals surface area (Å²) in [5.74, 6) is 1.41. The van der Waals surface area contributed by atoms with Gasteiger partial charge < -0.3 is 5.32 Å². The van der Waals surface area contributed by atoms with Gasteiger partial charge in [-0.25, -0.2) is 4.98 Å². The fourth-order valence-electron chi connectivity index (χ4n) is 2.01. The Morgan fingerprint density at radius 2 is 2.18 bits per heavy atom. The van der Waals surface area contributed by atoms with Gasteiger partial charge in [-0.15, -0.1) is 0 Å². The molecule has 1 aliphatic carbocycles. The van der Waals surface area contributed by atoms with Gasteiger partial charge in [0.25, 0.3) is 0 Å². The first-order chi connectivity index (χ1) is 8.28. The van der Waals surface area contributed by atoms with E-state index in [0.29, 0.717) is 17.5 Å². The number of nitriles is 1. The van der Waals surface area contributed by atoms with Crippen LogP contribution < -0.4 is 5.32 Å². The van der Waals surface area contributed by atoms with Crippen molar-refractivity contribution in [3.05, 3.63) is 35.9 Å². The van der Waals surface area contributed by atoms with Crippen molar-refractivity contribution < 1.29 is 0 Å². The molecular weight excluding hydrogens is 210 g/mol. The molecule has 0 amide bonds. The highest BCUT2D eigenvalue weighted by Crippen LogP contribution is 2.33. The Kier molecular flexibility index (Phi) is 2.22. The van der Waals surface area contributed by atoms with Gasteiger partial charge >= 0.3 is 0 Å². The number of hydrogen-bond donors (Lipinski definition) is 1. The largest absolute Gasteiger partial charge is 0.366 e. The van der Waals surface area contributed by atoms with Gasteiger partial charge in [0, 0.05) is 11.4 Å². The van der Waals surface area contributed by atoms with E-state index >= 15 is 0 Å². The van der Waals surface area contributed by atoms with Crippen LogP contribution in [0, 0.1) is 17.2 Å². The van der Waals surface area contributed by atoms with Gasteiger partial charge in [0.1, 0.15) is 11.9 Å². The summed E-state index contributed by atoms with van der Waals surface area (Å²) in [7, 11) is 0. The van der Waals surface area contributed by atoms with Crippen molar-refractivity contribution in [2.24, 2.45) is 5.92 Å². The minimum atomic E-state index is 0.482. The number of pyridine rings is 1. The summed E-state index contributed by atoms with van der Waals surface area (Å²) in [4.78, 5) is 4.53. The van der Waals surface area contributed by atoms with Gasteiger partial charge in [0.15, 0.2) is 0 Å². The fraction of sp³-hybridized carbons (Fsp3) is 0.286. The zero-order valence-electron chi connectivity index (χ0n) is 9.64. The Hall–Kier alpha value is -2.08. The number of nitrogens with one attached hydrogen (secondary N) is 1. The maximum absolute atomic E-state index is 9.15. The Morgan fingerprint density at radius 3 is 2.88 bits per heavy atom. The smallest absolute Gasteiger partial charge is 0.144 e. The molecule has 2 aromatic rings. The molecule has 3 heteroatoms. The lowest BCUT2D eigenvalue weighted by Crippen LogP contribution is -2.07. The van der Waals surface area contributed by atoms with Crippen molar-refractivity contribution in [2.45, 2.75) is 19.4 Å². The maximum Gasteiger partial charge on any atom is 0.144 e. The Labute approximate surface area is 100 Å². The lowest BCUT2D eigenvalue weighted by atomic mass is 10.1. The molecule has 1 N–H and O–H groups in total. The van der Waals surface area contributed by atoms with Crippen LogP contribution in [0.25, 0.3) is 10.9 Å². The first kappa shape index (κ1) is 10.1.